The van der Waals surface area contributed by atoms with Crippen molar-refractivity contribution in [2.45, 2.75) is 12.8 Å². The third-order valence-corrected chi connectivity index (χ3v) is 2.80. The van der Waals surface area contributed by atoms with E-state index in [-0.39, 0.29) is 0 Å². The van der Waals surface area contributed by atoms with Gasteiger partial charge in [0.05, 0.1) is 13.0 Å². The lowest BCUT2D eigenvalue weighted by atomic mass is 9.98. The molecule has 0 heterocycles. The Morgan fingerprint density at radius 2 is 1.94 bits per heavy atom. The molecule has 0 amide bonds. The molecule has 0 aliphatic rings. The molecule has 0 saturated heterocycles. The van der Waals surface area contributed by atoms with Crippen molar-refractivity contribution in [3.05, 3.63) is 42.0 Å². The normalized spacial score (nSPS) is 15.1. The number of methoxy groups -OCH3 is 1. The standard InChI is InChI=1S/C14H14O3/c1-9(14(15)16)10-3-4-12-8-13(17-2)6-5-11(12)7-10/h3-9H,1-2H3,(H,15,16)/t9-/m1/s1/i9D. The fraction of sp³-hybridized carbons (Fsp3) is 0.214. The molecule has 0 aliphatic heterocycles. The van der Waals surface area contributed by atoms with Crippen LogP contribution in [0.5, 0.6) is 5.75 Å². The lowest BCUT2D eigenvalue weighted by Gasteiger charge is -2.08. The Bertz CT molecular complexity index is 605. The molecule has 0 aromatic heterocycles. The summed E-state index contributed by atoms with van der Waals surface area (Å²) in [6, 6.07) is 10.8. The second-order valence-electron chi connectivity index (χ2n) is 3.86. The summed E-state index contributed by atoms with van der Waals surface area (Å²) in [5.74, 6) is -2.04. The van der Waals surface area contributed by atoms with Crippen LogP contribution in [0.15, 0.2) is 36.4 Å². The van der Waals surface area contributed by atoms with Gasteiger partial charge in [0.15, 0.2) is 0 Å². The number of carboxylic acid groups (broad SMARTS) is 1. The van der Waals surface area contributed by atoms with E-state index in [2.05, 4.69) is 0 Å². The molecule has 2 aromatic carbocycles. The Balaban J connectivity index is 2.55. The summed E-state index contributed by atoms with van der Waals surface area (Å²) in [5.41, 5.74) is 0.465. The minimum atomic E-state index is -1.63. The van der Waals surface area contributed by atoms with Gasteiger partial charge in [-0.2, -0.15) is 0 Å². The van der Waals surface area contributed by atoms with Gasteiger partial charge in [0, 0.05) is 1.37 Å². The Hall–Kier alpha value is -2.03. The molecule has 1 N–H and O–H groups in total. The summed E-state index contributed by atoms with van der Waals surface area (Å²) in [6.45, 7) is 1.38. The molecule has 0 bridgehead atoms. The lowest BCUT2D eigenvalue weighted by Crippen LogP contribution is -2.06. The van der Waals surface area contributed by atoms with E-state index in [1.807, 2.05) is 24.3 Å². The average molecular weight is 231 g/mol. The van der Waals surface area contributed by atoms with Crippen molar-refractivity contribution in [3.63, 3.8) is 0 Å². The molecule has 17 heavy (non-hydrogen) atoms. The van der Waals surface area contributed by atoms with E-state index >= 15 is 0 Å². The van der Waals surface area contributed by atoms with Gasteiger partial charge in [-0.3, -0.25) is 4.79 Å². The summed E-state index contributed by atoms with van der Waals surface area (Å²) >= 11 is 0. The molecule has 1 atom stereocenters. The van der Waals surface area contributed by atoms with Crippen molar-refractivity contribution in [1.82, 2.24) is 0 Å². The molecule has 0 spiro atoms. The smallest absolute Gasteiger partial charge is 0.310 e. The summed E-state index contributed by atoms with van der Waals surface area (Å²) in [6.07, 6.45) is 0. The van der Waals surface area contributed by atoms with Gasteiger partial charge in [0.1, 0.15) is 5.75 Å². The maximum atomic E-state index is 11.1. The number of rotatable bonds is 3. The zero-order valence-corrected chi connectivity index (χ0v) is 9.73. The summed E-state index contributed by atoms with van der Waals surface area (Å²) < 4.78 is 13.0. The Morgan fingerprint density at radius 1 is 1.29 bits per heavy atom. The highest BCUT2D eigenvalue weighted by atomic mass is 16.5. The SMILES string of the molecule is [2H][C@](C)(C(=O)O)c1ccc2cc(OC)ccc2c1. The molecule has 0 radical (unpaired) electrons. The van der Waals surface area contributed by atoms with Gasteiger partial charge in [-0.25, -0.2) is 0 Å². The highest BCUT2D eigenvalue weighted by Crippen LogP contribution is 2.25. The zero-order chi connectivity index (χ0) is 13.3. The number of ether oxygens (including phenoxy) is 1. The van der Waals surface area contributed by atoms with Crippen molar-refractivity contribution in [3.8, 4) is 5.75 Å². The van der Waals surface area contributed by atoms with E-state index in [0.29, 0.717) is 5.56 Å². The minimum absolute atomic E-state index is 0.465. The first-order valence-corrected chi connectivity index (χ1v) is 5.27. The molecule has 2 rings (SSSR count). The van der Waals surface area contributed by atoms with Crippen molar-refractivity contribution >= 4 is 16.7 Å². The second-order valence-corrected chi connectivity index (χ2v) is 3.86. The summed E-state index contributed by atoms with van der Waals surface area (Å²) in [7, 11) is 1.60. The van der Waals surface area contributed by atoms with Gasteiger partial charge < -0.3 is 9.84 Å². The van der Waals surface area contributed by atoms with Crippen LogP contribution in [0.3, 0.4) is 0 Å². The van der Waals surface area contributed by atoms with Crippen LogP contribution in [0.25, 0.3) is 10.8 Å². The monoisotopic (exact) mass is 231 g/mol. The third kappa shape index (κ3) is 2.23. The fourth-order valence-electron chi connectivity index (χ4n) is 1.71. The highest BCUT2D eigenvalue weighted by molar-refractivity contribution is 5.86. The molecule has 2 aromatic rings. The quantitative estimate of drug-likeness (QED) is 0.883. The summed E-state index contributed by atoms with van der Waals surface area (Å²) in [4.78, 5) is 11.1. The van der Waals surface area contributed by atoms with E-state index in [4.69, 9.17) is 11.2 Å². The van der Waals surface area contributed by atoms with Crippen LogP contribution in [0, 0.1) is 0 Å². The number of fused-ring (bicyclic) bond motifs is 1. The third-order valence-electron chi connectivity index (χ3n) is 2.80. The minimum Gasteiger partial charge on any atom is -0.497 e. The van der Waals surface area contributed by atoms with E-state index in [0.717, 1.165) is 16.5 Å². The van der Waals surface area contributed by atoms with Crippen molar-refractivity contribution in [2.75, 3.05) is 7.11 Å². The first kappa shape index (κ1) is 10.1. The molecule has 3 nitrogen and oxygen atoms in total. The van der Waals surface area contributed by atoms with Crippen LogP contribution in [-0.4, -0.2) is 18.2 Å². The van der Waals surface area contributed by atoms with Crippen LogP contribution in [-0.2, 0) is 4.79 Å². The van der Waals surface area contributed by atoms with Gasteiger partial charge in [-0.15, -0.1) is 0 Å². The molecule has 3 heteroatoms. The first-order valence-electron chi connectivity index (χ1n) is 5.77. The Morgan fingerprint density at radius 3 is 2.59 bits per heavy atom. The van der Waals surface area contributed by atoms with Gasteiger partial charge in [0.2, 0.25) is 0 Å². The predicted molar refractivity (Wildman–Crippen MR) is 66.6 cm³/mol. The van der Waals surface area contributed by atoms with Crippen LogP contribution in [0.1, 0.15) is 19.8 Å². The van der Waals surface area contributed by atoms with Crippen LogP contribution >= 0.6 is 0 Å². The number of carboxylic acids is 1. The number of hydrogen-bond donors (Lipinski definition) is 1. The van der Waals surface area contributed by atoms with Crippen molar-refractivity contribution in [1.29, 1.82) is 0 Å². The summed E-state index contributed by atoms with van der Waals surface area (Å²) in [5, 5.41) is 10.9. The van der Waals surface area contributed by atoms with E-state index in [9.17, 15) is 4.79 Å². The van der Waals surface area contributed by atoms with Crippen molar-refractivity contribution in [2.24, 2.45) is 0 Å². The fourth-order valence-corrected chi connectivity index (χ4v) is 1.71. The van der Waals surface area contributed by atoms with Crippen LogP contribution in [0.2, 0.25) is 0 Å². The molecule has 0 saturated carbocycles. The van der Waals surface area contributed by atoms with Crippen LogP contribution < -0.4 is 4.74 Å². The first-order chi connectivity index (χ1) is 8.45. The van der Waals surface area contributed by atoms with Gasteiger partial charge in [0.25, 0.3) is 0 Å². The number of hydrogen-bond acceptors (Lipinski definition) is 2. The molecule has 0 aliphatic carbocycles. The lowest BCUT2D eigenvalue weighted by molar-refractivity contribution is -0.138. The molecular formula is C14H14O3. The Labute approximate surface area is 101 Å². The second kappa shape index (κ2) is 4.45. The zero-order valence-electron chi connectivity index (χ0n) is 10.7. The van der Waals surface area contributed by atoms with Crippen molar-refractivity contribution < 1.29 is 16.0 Å². The van der Waals surface area contributed by atoms with Gasteiger partial charge in [-0.1, -0.05) is 24.3 Å². The molecule has 0 fully saturated rings. The molecular weight excluding hydrogens is 216 g/mol. The van der Waals surface area contributed by atoms with Crippen LogP contribution in [0.4, 0.5) is 0 Å². The maximum Gasteiger partial charge on any atom is 0.310 e. The number of benzene rings is 2. The van der Waals surface area contributed by atoms with Gasteiger partial charge in [-0.05, 0) is 35.4 Å². The molecule has 0 unspecified atom stereocenters. The Kier molecular flexibility index (Phi) is 2.66. The van der Waals surface area contributed by atoms with E-state index in [1.165, 1.54) is 6.92 Å². The number of aliphatic carboxylic acids is 1. The molecule has 88 valence electrons. The average Bonchev–Trinajstić information content (AvgIpc) is 2.37. The maximum absolute atomic E-state index is 11.1. The van der Waals surface area contributed by atoms with E-state index in [1.54, 1.807) is 19.2 Å². The van der Waals surface area contributed by atoms with E-state index < -0.39 is 11.9 Å². The topological polar surface area (TPSA) is 46.5 Å². The predicted octanol–water partition coefficient (Wildman–Crippen LogP) is 3.04. The van der Waals surface area contributed by atoms with Gasteiger partial charge >= 0.3 is 5.97 Å². The number of carbonyl (C=O) groups is 1. The largest absolute Gasteiger partial charge is 0.497 e. The highest BCUT2D eigenvalue weighted by Gasteiger charge is 2.13.